The Kier molecular flexibility index (Phi) is 3.11. The molecule has 2 heterocycles. The van der Waals surface area contributed by atoms with Crippen molar-refractivity contribution in [2.75, 3.05) is 0 Å². The number of nitrogens with zero attached hydrogens (tertiary/aromatic N) is 1. The fraction of sp³-hybridized carbons (Fsp3) is 0.300. The highest BCUT2D eigenvalue weighted by Crippen LogP contribution is 2.23. The van der Waals surface area contributed by atoms with Crippen molar-refractivity contribution in [1.82, 2.24) is 14.7 Å². The number of fused-ring (bicyclic) bond motifs is 1. The van der Waals surface area contributed by atoms with Crippen molar-refractivity contribution < 1.29 is 8.42 Å². The van der Waals surface area contributed by atoms with Gasteiger partial charge in [0.05, 0.1) is 5.02 Å². The highest BCUT2D eigenvalue weighted by atomic mass is 35.5. The lowest BCUT2D eigenvalue weighted by atomic mass is 10.3. The summed E-state index contributed by atoms with van der Waals surface area (Å²) in [5, 5.41) is 0.892. The minimum Gasteiger partial charge on any atom is -0.345 e. The molecule has 0 fully saturated rings. The smallest absolute Gasteiger partial charge is 0.242 e. The molecule has 0 aromatic carbocycles. The summed E-state index contributed by atoms with van der Waals surface area (Å²) >= 11 is 5.81. The molecule has 0 unspecified atom stereocenters. The van der Waals surface area contributed by atoms with Gasteiger partial charge in [0, 0.05) is 23.8 Å². The summed E-state index contributed by atoms with van der Waals surface area (Å²) in [5.41, 5.74) is 0.499. The third kappa shape index (κ3) is 2.43. The zero-order valence-electron chi connectivity index (χ0n) is 9.36. The van der Waals surface area contributed by atoms with Crippen LogP contribution in [0, 0.1) is 0 Å². The van der Waals surface area contributed by atoms with Gasteiger partial charge in [-0.2, -0.15) is 0 Å². The molecule has 0 atom stereocenters. The van der Waals surface area contributed by atoms with E-state index in [-0.39, 0.29) is 10.9 Å². The predicted molar refractivity (Wildman–Crippen MR) is 66.6 cm³/mol. The summed E-state index contributed by atoms with van der Waals surface area (Å²) in [5.74, 6) is 0. The van der Waals surface area contributed by atoms with E-state index in [0.717, 1.165) is 0 Å². The van der Waals surface area contributed by atoms with Crippen LogP contribution in [-0.4, -0.2) is 24.4 Å². The van der Waals surface area contributed by atoms with Crippen LogP contribution in [0.2, 0.25) is 5.02 Å². The van der Waals surface area contributed by atoms with E-state index in [1.54, 1.807) is 19.9 Å². The molecule has 0 radical (unpaired) electrons. The standard InChI is InChI=1S/C10H12ClN3O2S/c1-6(2)14-17(15,16)9-5-13-10-8(9)3-7(11)4-12-10/h3-6,14H,1-2H3,(H,12,13). The summed E-state index contributed by atoms with van der Waals surface area (Å²) in [7, 11) is -3.54. The van der Waals surface area contributed by atoms with Gasteiger partial charge in [-0.25, -0.2) is 18.1 Å². The third-order valence-electron chi connectivity index (χ3n) is 2.14. The van der Waals surface area contributed by atoms with E-state index in [1.807, 2.05) is 0 Å². The average Bonchev–Trinajstić information content (AvgIpc) is 2.58. The van der Waals surface area contributed by atoms with E-state index in [1.165, 1.54) is 12.4 Å². The number of rotatable bonds is 3. The molecule has 0 bridgehead atoms. The predicted octanol–water partition coefficient (Wildman–Crippen LogP) is 1.90. The highest BCUT2D eigenvalue weighted by Gasteiger charge is 2.20. The zero-order valence-corrected chi connectivity index (χ0v) is 10.9. The lowest BCUT2D eigenvalue weighted by molar-refractivity contribution is 0.571. The first-order chi connectivity index (χ1) is 7.90. The van der Waals surface area contributed by atoms with E-state index in [4.69, 9.17) is 11.6 Å². The molecule has 2 N–H and O–H groups in total. The molecule has 2 aromatic rings. The normalized spacial score (nSPS) is 12.5. The Hall–Kier alpha value is -1.11. The van der Waals surface area contributed by atoms with Crippen LogP contribution >= 0.6 is 11.6 Å². The quantitative estimate of drug-likeness (QED) is 0.897. The average molecular weight is 274 g/mol. The van der Waals surface area contributed by atoms with Gasteiger partial charge in [0.2, 0.25) is 10.0 Å². The topological polar surface area (TPSA) is 74.8 Å². The first kappa shape index (κ1) is 12.3. The van der Waals surface area contributed by atoms with Crippen LogP contribution in [0.3, 0.4) is 0 Å². The van der Waals surface area contributed by atoms with Crippen LogP contribution in [0.5, 0.6) is 0 Å². The fourth-order valence-corrected chi connectivity index (χ4v) is 3.11. The van der Waals surface area contributed by atoms with Crippen LogP contribution < -0.4 is 4.72 Å². The largest absolute Gasteiger partial charge is 0.345 e. The second-order valence-corrected chi connectivity index (χ2v) is 6.10. The van der Waals surface area contributed by atoms with Crippen molar-refractivity contribution in [1.29, 1.82) is 0 Å². The molecule has 7 heteroatoms. The lowest BCUT2D eigenvalue weighted by Gasteiger charge is -2.08. The summed E-state index contributed by atoms with van der Waals surface area (Å²) in [6.45, 7) is 3.52. The molecule has 0 saturated carbocycles. The number of pyridine rings is 1. The van der Waals surface area contributed by atoms with Gasteiger partial charge in [-0.05, 0) is 19.9 Å². The molecule has 0 aliphatic heterocycles. The fourth-order valence-electron chi connectivity index (χ4n) is 1.55. The maximum atomic E-state index is 12.0. The number of hydrogen-bond donors (Lipinski definition) is 2. The number of hydrogen-bond acceptors (Lipinski definition) is 3. The molecule has 17 heavy (non-hydrogen) atoms. The lowest BCUT2D eigenvalue weighted by Crippen LogP contribution is -2.30. The minimum absolute atomic E-state index is 0.163. The Morgan fingerprint density at radius 2 is 2.18 bits per heavy atom. The van der Waals surface area contributed by atoms with Crippen LogP contribution in [-0.2, 0) is 10.0 Å². The molecule has 0 saturated heterocycles. The van der Waals surface area contributed by atoms with Crippen molar-refractivity contribution >= 4 is 32.7 Å². The first-order valence-electron chi connectivity index (χ1n) is 5.05. The van der Waals surface area contributed by atoms with E-state index >= 15 is 0 Å². The van der Waals surface area contributed by atoms with Crippen LogP contribution in [0.25, 0.3) is 11.0 Å². The van der Waals surface area contributed by atoms with Gasteiger partial charge in [0.15, 0.2) is 0 Å². The van der Waals surface area contributed by atoms with Gasteiger partial charge < -0.3 is 4.98 Å². The molecule has 0 amide bonds. The van der Waals surface area contributed by atoms with Gasteiger partial charge in [-0.1, -0.05) is 11.6 Å². The summed E-state index contributed by atoms with van der Waals surface area (Å²) < 4.78 is 26.6. The Morgan fingerprint density at radius 3 is 2.82 bits per heavy atom. The van der Waals surface area contributed by atoms with Crippen molar-refractivity contribution in [3.8, 4) is 0 Å². The van der Waals surface area contributed by atoms with Crippen molar-refractivity contribution in [3.63, 3.8) is 0 Å². The third-order valence-corrected chi connectivity index (χ3v) is 4.05. The maximum absolute atomic E-state index is 12.0. The van der Waals surface area contributed by atoms with E-state index in [9.17, 15) is 8.42 Å². The first-order valence-corrected chi connectivity index (χ1v) is 6.91. The van der Waals surface area contributed by atoms with Gasteiger partial charge in [0.1, 0.15) is 10.5 Å². The van der Waals surface area contributed by atoms with E-state index in [0.29, 0.717) is 16.1 Å². The molecule has 2 aromatic heterocycles. The van der Waals surface area contributed by atoms with Crippen molar-refractivity contribution in [2.24, 2.45) is 0 Å². The van der Waals surface area contributed by atoms with Gasteiger partial charge in [0.25, 0.3) is 0 Å². The number of aromatic nitrogens is 2. The number of aromatic amines is 1. The Bertz CT molecular complexity index is 649. The summed E-state index contributed by atoms with van der Waals surface area (Å²) in [6, 6.07) is 1.41. The van der Waals surface area contributed by atoms with Gasteiger partial charge >= 0.3 is 0 Å². The van der Waals surface area contributed by atoms with Crippen LogP contribution in [0.15, 0.2) is 23.4 Å². The zero-order chi connectivity index (χ0) is 12.6. The maximum Gasteiger partial charge on any atom is 0.242 e. The molecule has 92 valence electrons. The van der Waals surface area contributed by atoms with E-state index < -0.39 is 10.0 Å². The molecule has 5 nitrogen and oxygen atoms in total. The van der Waals surface area contributed by atoms with Crippen molar-refractivity contribution in [3.05, 3.63) is 23.5 Å². The number of sulfonamides is 1. The Labute approximate surface area is 104 Å². The van der Waals surface area contributed by atoms with Crippen LogP contribution in [0.4, 0.5) is 0 Å². The second-order valence-electron chi connectivity index (χ2n) is 3.98. The molecular formula is C10H12ClN3O2S. The Balaban J connectivity index is 2.60. The molecule has 2 rings (SSSR count). The highest BCUT2D eigenvalue weighted by molar-refractivity contribution is 7.89. The van der Waals surface area contributed by atoms with Crippen LogP contribution in [0.1, 0.15) is 13.8 Å². The van der Waals surface area contributed by atoms with E-state index in [2.05, 4.69) is 14.7 Å². The summed E-state index contributed by atoms with van der Waals surface area (Å²) in [6.07, 6.45) is 2.88. The number of halogens is 1. The number of nitrogens with one attached hydrogen (secondary N) is 2. The minimum atomic E-state index is -3.54. The second kappa shape index (κ2) is 4.29. The summed E-state index contributed by atoms with van der Waals surface area (Å²) in [4.78, 5) is 6.98. The monoisotopic (exact) mass is 273 g/mol. The van der Waals surface area contributed by atoms with Crippen molar-refractivity contribution in [2.45, 2.75) is 24.8 Å². The molecular weight excluding hydrogens is 262 g/mol. The molecule has 0 aliphatic carbocycles. The SMILES string of the molecule is CC(C)NS(=O)(=O)c1c[nH]c2ncc(Cl)cc12. The Morgan fingerprint density at radius 1 is 1.47 bits per heavy atom. The van der Waals surface area contributed by atoms with Gasteiger partial charge in [-0.15, -0.1) is 0 Å². The molecule has 0 spiro atoms. The number of H-pyrrole nitrogens is 1. The molecule has 0 aliphatic rings. The van der Waals surface area contributed by atoms with Gasteiger partial charge in [-0.3, -0.25) is 0 Å².